The van der Waals surface area contributed by atoms with Crippen LogP contribution in [0.25, 0.3) is 11.4 Å². The van der Waals surface area contributed by atoms with E-state index < -0.39 is 0 Å². The van der Waals surface area contributed by atoms with Gasteiger partial charge in [-0.1, -0.05) is 69.7 Å². The molecule has 0 radical (unpaired) electrons. The van der Waals surface area contributed by atoms with Crippen LogP contribution in [0.4, 0.5) is 0 Å². The van der Waals surface area contributed by atoms with Gasteiger partial charge in [-0.2, -0.15) is 0 Å². The fourth-order valence-electron chi connectivity index (χ4n) is 2.29. The molecule has 3 aromatic rings. The van der Waals surface area contributed by atoms with Crippen molar-refractivity contribution >= 4 is 33.6 Å². The maximum Gasteiger partial charge on any atom is 0.230 e. The number of thioether (sulfide) groups is 1. The Morgan fingerprint density at radius 2 is 1.92 bits per heavy atom. The van der Waals surface area contributed by atoms with Crippen LogP contribution >= 0.6 is 27.7 Å². The minimum absolute atomic E-state index is 0.0824. The van der Waals surface area contributed by atoms with E-state index >= 15 is 0 Å². The van der Waals surface area contributed by atoms with Crippen LogP contribution in [0.5, 0.6) is 0 Å². The number of nitrogens with two attached hydrogens (primary N) is 1. The van der Waals surface area contributed by atoms with Crippen molar-refractivity contribution in [1.82, 2.24) is 20.2 Å². The third-order valence-corrected chi connectivity index (χ3v) is 5.36. The van der Waals surface area contributed by atoms with E-state index in [1.807, 2.05) is 55.5 Å². The van der Waals surface area contributed by atoms with Crippen LogP contribution in [-0.4, -0.2) is 26.5 Å². The van der Waals surface area contributed by atoms with Crippen molar-refractivity contribution in [2.75, 3.05) is 11.6 Å². The summed E-state index contributed by atoms with van der Waals surface area (Å²) in [6.45, 7) is 2.53. The summed E-state index contributed by atoms with van der Waals surface area (Å²) in [4.78, 5) is 12.1. The van der Waals surface area contributed by atoms with Gasteiger partial charge < -0.3 is 11.2 Å². The normalized spacial score (nSPS) is 10.7. The SMILES string of the molecule is Cc1ccc(CNC(=O)CSc2nnc(-c3ccccc3Br)n2N)cc1. The predicted octanol–water partition coefficient (Wildman–Crippen LogP) is 3.14. The van der Waals surface area contributed by atoms with Crippen LogP contribution in [0.15, 0.2) is 58.2 Å². The fourth-order valence-corrected chi connectivity index (χ4v) is 3.44. The van der Waals surface area contributed by atoms with Gasteiger partial charge >= 0.3 is 0 Å². The number of aryl methyl sites for hydroxylation is 1. The third-order valence-electron chi connectivity index (χ3n) is 3.72. The molecule has 0 aliphatic carbocycles. The molecule has 0 atom stereocenters. The molecular formula is C18H18BrN5OS. The Morgan fingerprint density at radius 3 is 2.65 bits per heavy atom. The topological polar surface area (TPSA) is 85.8 Å². The molecule has 8 heteroatoms. The molecule has 26 heavy (non-hydrogen) atoms. The number of nitrogens with one attached hydrogen (secondary N) is 1. The van der Waals surface area contributed by atoms with Crippen LogP contribution in [0.3, 0.4) is 0 Å². The Bertz CT molecular complexity index is 910. The highest BCUT2D eigenvalue weighted by Crippen LogP contribution is 2.27. The largest absolute Gasteiger partial charge is 0.351 e. The Kier molecular flexibility index (Phi) is 5.95. The molecule has 1 aromatic heterocycles. The van der Waals surface area contributed by atoms with Gasteiger partial charge in [-0.05, 0) is 24.6 Å². The first-order valence-electron chi connectivity index (χ1n) is 7.95. The molecule has 3 rings (SSSR count). The quantitative estimate of drug-likeness (QED) is 0.462. The molecule has 0 aliphatic heterocycles. The highest BCUT2D eigenvalue weighted by Gasteiger charge is 2.15. The summed E-state index contributed by atoms with van der Waals surface area (Å²) >= 11 is 4.73. The number of carbonyl (C=O) groups is 1. The molecule has 3 N–H and O–H groups in total. The van der Waals surface area contributed by atoms with Gasteiger partial charge in [0.2, 0.25) is 11.1 Å². The Hall–Kier alpha value is -2.32. The van der Waals surface area contributed by atoms with Gasteiger partial charge in [0, 0.05) is 16.6 Å². The average Bonchev–Trinajstić information content (AvgIpc) is 3.00. The van der Waals surface area contributed by atoms with Gasteiger partial charge in [-0.15, -0.1) is 10.2 Å². The number of hydrogen-bond acceptors (Lipinski definition) is 5. The van der Waals surface area contributed by atoms with E-state index in [4.69, 9.17) is 5.84 Å². The van der Waals surface area contributed by atoms with Crippen molar-refractivity contribution < 1.29 is 4.79 Å². The van der Waals surface area contributed by atoms with Gasteiger partial charge in [-0.3, -0.25) is 4.79 Å². The second-order valence-corrected chi connectivity index (χ2v) is 7.50. The molecule has 134 valence electrons. The van der Waals surface area contributed by atoms with Gasteiger partial charge in [0.05, 0.1) is 5.75 Å². The van der Waals surface area contributed by atoms with Crippen molar-refractivity contribution in [2.45, 2.75) is 18.6 Å². The Labute approximate surface area is 164 Å². The summed E-state index contributed by atoms with van der Waals surface area (Å²) in [5.74, 6) is 6.77. The summed E-state index contributed by atoms with van der Waals surface area (Å²) in [6, 6.07) is 15.7. The second-order valence-electron chi connectivity index (χ2n) is 5.71. The van der Waals surface area contributed by atoms with Gasteiger partial charge in [-0.25, -0.2) is 4.68 Å². The van der Waals surface area contributed by atoms with Crippen molar-refractivity contribution in [3.05, 3.63) is 64.1 Å². The Balaban J connectivity index is 1.57. The maximum absolute atomic E-state index is 12.1. The van der Waals surface area contributed by atoms with Gasteiger partial charge in [0.25, 0.3) is 0 Å². The number of amides is 1. The minimum atomic E-state index is -0.0824. The molecule has 0 saturated carbocycles. The van der Waals surface area contributed by atoms with Crippen LogP contribution in [0.1, 0.15) is 11.1 Å². The number of nitrogens with zero attached hydrogens (tertiary/aromatic N) is 3. The first-order valence-corrected chi connectivity index (χ1v) is 9.73. The van der Waals surface area contributed by atoms with Crippen molar-refractivity contribution in [3.8, 4) is 11.4 Å². The lowest BCUT2D eigenvalue weighted by atomic mass is 10.1. The lowest BCUT2D eigenvalue weighted by Crippen LogP contribution is -2.25. The third kappa shape index (κ3) is 4.44. The number of hydrogen-bond donors (Lipinski definition) is 2. The lowest BCUT2D eigenvalue weighted by Gasteiger charge is -2.06. The number of carbonyl (C=O) groups excluding carboxylic acids is 1. The molecule has 0 unspecified atom stereocenters. The maximum atomic E-state index is 12.1. The smallest absolute Gasteiger partial charge is 0.230 e. The minimum Gasteiger partial charge on any atom is -0.351 e. The molecule has 0 spiro atoms. The van der Waals surface area contributed by atoms with Crippen molar-refractivity contribution in [2.24, 2.45) is 0 Å². The average molecular weight is 432 g/mol. The zero-order chi connectivity index (χ0) is 18.5. The molecule has 0 fully saturated rings. The van der Waals surface area contributed by atoms with E-state index in [1.54, 1.807) is 0 Å². The van der Waals surface area contributed by atoms with Gasteiger partial charge in [0.15, 0.2) is 5.82 Å². The van der Waals surface area contributed by atoms with Crippen molar-refractivity contribution in [1.29, 1.82) is 0 Å². The number of halogens is 1. The highest BCUT2D eigenvalue weighted by atomic mass is 79.9. The zero-order valence-electron chi connectivity index (χ0n) is 14.1. The molecule has 1 heterocycles. The van der Waals surface area contributed by atoms with Crippen LogP contribution in [-0.2, 0) is 11.3 Å². The number of aromatic nitrogens is 3. The summed E-state index contributed by atoms with van der Waals surface area (Å²) in [6.07, 6.45) is 0. The van der Waals surface area contributed by atoms with E-state index in [-0.39, 0.29) is 11.7 Å². The highest BCUT2D eigenvalue weighted by molar-refractivity contribution is 9.10. The Morgan fingerprint density at radius 1 is 1.19 bits per heavy atom. The molecule has 0 aliphatic rings. The molecular weight excluding hydrogens is 414 g/mol. The summed E-state index contributed by atoms with van der Waals surface area (Å²) < 4.78 is 2.28. The molecule has 0 saturated heterocycles. The number of rotatable bonds is 6. The monoisotopic (exact) mass is 431 g/mol. The van der Waals surface area contributed by atoms with Crippen LogP contribution in [0.2, 0.25) is 0 Å². The van der Waals surface area contributed by atoms with E-state index in [9.17, 15) is 4.79 Å². The standard InChI is InChI=1S/C18H18BrN5OS/c1-12-6-8-13(9-7-12)10-21-16(25)11-26-18-23-22-17(24(18)20)14-4-2-3-5-15(14)19/h2-9H,10-11,20H2,1H3,(H,21,25). The lowest BCUT2D eigenvalue weighted by molar-refractivity contribution is -0.118. The van der Waals surface area contributed by atoms with E-state index in [2.05, 4.69) is 31.4 Å². The number of benzene rings is 2. The molecule has 0 bridgehead atoms. The van der Waals surface area contributed by atoms with E-state index in [1.165, 1.54) is 22.0 Å². The second kappa shape index (κ2) is 8.37. The van der Waals surface area contributed by atoms with E-state index in [0.29, 0.717) is 17.5 Å². The molecule has 2 aromatic carbocycles. The summed E-state index contributed by atoms with van der Waals surface area (Å²) in [5, 5.41) is 11.6. The first-order chi connectivity index (χ1) is 12.5. The van der Waals surface area contributed by atoms with Gasteiger partial charge in [0.1, 0.15) is 0 Å². The van der Waals surface area contributed by atoms with Crippen molar-refractivity contribution in [3.63, 3.8) is 0 Å². The number of nitrogen functional groups attached to an aromatic ring is 1. The summed E-state index contributed by atoms with van der Waals surface area (Å²) in [7, 11) is 0. The fraction of sp³-hybridized carbons (Fsp3) is 0.167. The predicted molar refractivity (Wildman–Crippen MR) is 107 cm³/mol. The molecule has 1 amide bonds. The van der Waals surface area contributed by atoms with Crippen LogP contribution < -0.4 is 11.2 Å². The molecule has 6 nitrogen and oxygen atoms in total. The van der Waals surface area contributed by atoms with Crippen LogP contribution in [0, 0.1) is 6.92 Å². The zero-order valence-corrected chi connectivity index (χ0v) is 16.5. The van der Waals surface area contributed by atoms with E-state index in [0.717, 1.165) is 15.6 Å². The first kappa shape index (κ1) is 18.5. The summed E-state index contributed by atoms with van der Waals surface area (Å²) in [5.41, 5.74) is 3.10.